The van der Waals surface area contributed by atoms with Gasteiger partial charge < -0.3 is 9.96 Å². The van der Waals surface area contributed by atoms with Crippen LogP contribution in [0.4, 0.5) is 0 Å². The van der Waals surface area contributed by atoms with Gasteiger partial charge in [-0.25, -0.2) is 4.98 Å². The summed E-state index contributed by atoms with van der Waals surface area (Å²) >= 11 is 1.81. The van der Waals surface area contributed by atoms with Crippen LogP contribution in [-0.4, -0.2) is 36.1 Å². The Morgan fingerprint density at radius 2 is 1.94 bits per heavy atom. The van der Waals surface area contributed by atoms with Crippen molar-refractivity contribution in [2.75, 3.05) is 21.1 Å². The molecular weight excluding hydrogens is 220 g/mol. The fourth-order valence-corrected chi connectivity index (χ4v) is 2.87. The zero-order chi connectivity index (χ0) is 11.1. The molecule has 0 aliphatic carbocycles. The van der Waals surface area contributed by atoms with Gasteiger partial charge in [0.2, 0.25) is 0 Å². The molecule has 0 unspecified atom stereocenters. The summed E-state index contributed by atoms with van der Waals surface area (Å²) in [7, 11) is 6.58. The first-order valence-electron chi connectivity index (χ1n) is 5.10. The van der Waals surface area contributed by atoms with Crippen LogP contribution in [0.5, 0.6) is 0 Å². The molecule has 3 nitrogen and oxygen atoms in total. The van der Waals surface area contributed by atoms with Crippen LogP contribution in [0.3, 0.4) is 0 Å². The van der Waals surface area contributed by atoms with Crippen molar-refractivity contribution in [3.8, 4) is 0 Å². The van der Waals surface area contributed by atoms with Crippen molar-refractivity contribution in [1.82, 2.24) is 4.98 Å². The molecule has 0 amide bonds. The first-order valence-corrected chi connectivity index (χ1v) is 5.92. The Balaban J connectivity index is 0.00000128. The summed E-state index contributed by atoms with van der Waals surface area (Å²) in [6.07, 6.45) is 0. The van der Waals surface area contributed by atoms with Gasteiger partial charge in [-0.05, 0) is 24.6 Å². The summed E-state index contributed by atoms with van der Waals surface area (Å²) in [5, 5.41) is 1.23. The molecule has 0 spiro atoms. The second kappa shape index (κ2) is 4.49. The standard InChI is InChI=1S/C12H17N2S.H2O/c1-9-5-6-10-11(7-9)15-12(13-10)8-14(2,3)4;/h5-7H,8H2,1-4H3;1H2/q+1;/p-1. The molecule has 1 aromatic carbocycles. The molecule has 0 saturated heterocycles. The lowest BCUT2D eigenvalue weighted by atomic mass is 10.2. The van der Waals surface area contributed by atoms with E-state index in [1.807, 2.05) is 11.3 Å². The molecule has 0 aliphatic heterocycles. The zero-order valence-electron chi connectivity index (χ0n) is 10.2. The number of aromatic nitrogens is 1. The first kappa shape index (κ1) is 13.1. The molecule has 1 N–H and O–H groups in total. The van der Waals surface area contributed by atoms with Crippen LogP contribution >= 0.6 is 11.3 Å². The van der Waals surface area contributed by atoms with Crippen LogP contribution in [0, 0.1) is 6.92 Å². The van der Waals surface area contributed by atoms with E-state index in [2.05, 4.69) is 51.2 Å². The molecule has 2 aromatic rings. The highest BCUT2D eigenvalue weighted by atomic mass is 32.1. The summed E-state index contributed by atoms with van der Waals surface area (Å²) in [6.45, 7) is 3.12. The molecule has 4 heteroatoms. The van der Waals surface area contributed by atoms with Gasteiger partial charge in [-0.2, -0.15) is 0 Å². The fraction of sp³-hybridized carbons (Fsp3) is 0.417. The van der Waals surface area contributed by atoms with Crippen molar-refractivity contribution < 1.29 is 9.96 Å². The Kier molecular flexibility index (Phi) is 3.68. The number of fused-ring (bicyclic) bond motifs is 1. The van der Waals surface area contributed by atoms with Gasteiger partial charge in [0.1, 0.15) is 11.6 Å². The second-order valence-electron chi connectivity index (χ2n) is 5.03. The molecule has 0 fully saturated rings. The Morgan fingerprint density at radius 1 is 1.25 bits per heavy atom. The lowest BCUT2D eigenvalue weighted by Gasteiger charge is -2.21. The molecule has 0 atom stereocenters. The summed E-state index contributed by atoms with van der Waals surface area (Å²) in [6, 6.07) is 6.45. The molecular formula is C12H18N2OS. The van der Waals surface area contributed by atoms with Crippen LogP contribution in [0.25, 0.3) is 10.2 Å². The number of aryl methyl sites for hydroxylation is 1. The van der Waals surface area contributed by atoms with Crippen LogP contribution in [0.2, 0.25) is 0 Å². The van der Waals surface area contributed by atoms with Crippen LogP contribution < -0.4 is 0 Å². The van der Waals surface area contributed by atoms with Crippen molar-refractivity contribution >= 4 is 21.6 Å². The third-order valence-electron chi connectivity index (χ3n) is 2.20. The Hall–Kier alpha value is -0.970. The zero-order valence-corrected chi connectivity index (χ0v) is 11.0. The third kappa shape index (κ3) is 3.01. The smallest absolute Gasteiger partial charge is 0.148 e. The number of nitrogens with zero attached hydrogens (tertiary/aromatic N) is 2. The lowest BCUT2D eigenvalue weighted by Crippen LogP contribution is -2.33. The van der Waals surface area contributed by atoms with Gasteiger partial charge in [-0.1, -0.05) is 6.07 Å². The van der Waals surface area contributed by atoms with Crippen LogP contribution in [0.1, 0.15) is 10.6 Å². The summed E-state index contributed by atoms with van der Waals surface area (Å²) in [4.78, 5) is 4.64. The predicted molar refractivity (Wildman–Crippen MR) is 68.0 cm³/mol. The highest BCUT2D eigenvalue weighted by Gasteiger charge is 2.12. The Bertz CT molecular complexity index is 485. The van der Waals surface area contributed by atoms with E-state index in [4.69, 9.17) is 0 Å². The maximum Gasteiger partial charge on any atom is 0.148 e. The minimum Gasteiger partial charge on any atom is -0.870 e. The molecule has 0 bridgehead atoms. The van der Waals surface area contributed by atoms with Gasteiger partial charge in [0.05, 0.1) is 31.4 Å². The minimum atomic E-state index is 0. The topological polar surface area (TPSA) is 42.9 Å². The van der Waals surface area contributed by atoms with E-state index in [9.17, 15) is 0 Å². The second-order valence-corrected chi connectivity index (χ2v) is 6.14. The molecule has 1 heterocycles. The van der Waals surface area contributed by atoms with E-state index in [1.165, 1.54) is 15.3 Å². The van der Waals surface area contributed by atoms with Gasteiger partial charge in [0, 0.05) is 0 Å². The molecule has 0 radical (unpaired) electrons. The summed E-state index contributed by atoms with van der Waals surface area (Å²) < 4.78 is 2.23. The average molecular weight is 238 g/mol. The normalized spacial score (nSPS) is 11.5. The predicted octanol–water partition coefficient (Wildman–Crippen LogP) is 2.63. The van der Waals surface area contributed by atoms with Crippen molar-refractivity contribution in [1.29, 1.82) is 0 Å². The molecule has 16 heavy (non-hydrogen) atoms. The third-order valence-corrected chi connectivity index (χ3v) is 3.20. The van der Waals surface area contributed by atoms with Gasteiger partial charge in [0.25, 0.3) is 0 Å². The first-order chi connectivity index (χ1) is 6.94. The molecule has 88 valence electrons. The fourth-order valence-electron chi connectivity index (χ4n) is 1.55. The number of rotatable bonds is 2. The minimum absolute atomic E-state index is 0. The highest BCUT2D eigenvalue weighted by Crippen LogP contribution is 2.24. The van der Waals surface area contributed by atoms with E-state index in [0.717, 1.165) is 16.5 Å². The van der Waals surface area contributed by atoms with Crippen molar-refractivity contribution in [2.45, 2.75) is 13.5 Å². The van der Waals surface area contributed by atoms with Gasteiger partial charge >= 0.3 is 0 Å². The van der Waals surface area contributed by atoms with Crippen LogP contribution in [-0.2, 0) is 6.54 Å². The molecule has 0 saturated carbocycles. The molecule has 0 aliphatic rings. The number of benzene rings is 1. The van der Waals surface area contributed by atoms with E-state index in [0.29, 0.717) is 0 Å². The molecule has 1 aromatic heterocycles. The number of hydrogen-bond donors (Lipinski definition) is 0. The highest BCUT2D eigenvalue weighted by molar-refractivity contribution is 7.18. The number of hydrogen-bond acceptors (Lipinski definition) is 3. The van der Waals surface area contributed by atoms with E-state index >= 15 is 0 Å². The quantitative estimate of drug-likeness (QED) is 0.755. The SMILES string of the molecule is Cc1ccc2nc(C[N+](C)(C)C)sc2c1.[OH-]. The lowest BCUT2D eigenvalue weighted by molar-refractivity contribution is -0.883. The maximum atomic E-state index is 4.64. The van der Waals surface area contributed by atoms with E-state index in [-0.39, 0.29) is 5.48 Å². The summed E-state index contributed by atoms with van der Waals surface area (Å²) in [5.41, 5.74) is 2.44. The van der Waals surface area contributed by atoms with Crippen molar-refractivity contribution in [2.24, 2.45) is 0 Å². The van der Waals surface area contributed by atoms with Gasteiger partial charge in [-0.15, -0.1) is 11.3 Å². The average Bonchev–Trinajstić information content (AvgIpc) is 2.42. The van der Waals surface area contributed by atoms with Gasteiger partial charge in [0.15, 0.2) is 0 Å². The Labute approximate surface area is 100 Å². The number of thiazole rings is 1. The van der Waals surface area contributed by atoms with Crippen molar-refractivity contribution in [3.05, 3.63) is 28.8 Å². The van der Waals surface area contributed by atoms with E-state index < -0.39 is 0 Å². The Morgan fingerprint density at radius 3 is 2.56 bits per heavy atom. The monoisotopic (exact) mass is 238 g/mol. The summed E-state index contributed by atoms with van der Waals surface area (Å²) in [5.74, 6) is 0. The maximum absolute atomic E-state index is 4.64. The van der Waals surface area contributed by atoms with Crippen molar-refractivity contribution in [3.63, 3.8) is 0 Å². The molecule has 2 rings (SSSR count). The largest absolute Gasteiger partial charge is 0.870 e. The van der Waals surface area contributed by atoms with Gasteiger partial charge in [-0.3, -0.25) is 0 Å². The van der Waals surface area contributed by atoms with E-state index in [1.54, 1.807) is 0 Å². The van der Waals surface area contributed by atoms with Crippen LogP contribution in [0.15, 0.2) is 18.2 Å². The number of quaternary nitrogens is 1.